The van der Waals surface area contributed by atoms with Crippen LogP contribution in [0.25, 0.3) is 0 Å². The Morgan fingerprint density at radius 3 is 2.35 bits per heavy atom. The fourth-order valence-electron chi connectivity index (χ4n) is 1.53. The highest BCUT2D eigenvalue weighted by Crippen LogP contribution is 2.14. The topological polar surface area (TPSA) is 67.4 Å². The lowest BCUT2D eigenvalue weighted by Crippen LogP contribution is -2.32. The Morgan fingerprint density at radius 2 is 1.74 bits per heavy atom. The Morgan fingerprint density at radius 1 is 1.09 bits per heavy atom. The number of hydrogen-bond donors (Lipinski definition) is 2. The normalized spacial score (nSPS) is 11.1. The van der Waals surface area contributed by atoms with Gasteiger partial charge in [-0.3, -0.25) is 9.59 Å². The number of rotatable bonds is 8. The quantitative estimate of drug-likeness (QED) is 0.662. The van der Waals surface area contributed by atoms with Gasteiger partial charge in [0.2, 0.25) is 5.91 Å². The van der Waals surface area contributed by atoms with Crippen molar-refractivity contribution in [3.63, 3.8) is 0 Å². The molecule has 0 heterocycles. The van der Waals surface area contributed by atoms with E-state index in [0.717, 1.165) is 4.47 Å². The van der Waals surface area contributed by atoms with Crippen molar-refractivity contribution >= 4 is 27.7 Å². The van der Waals surface area contributed by atoms with Crippen molar-refractivity contribution in [2.45, 2.75) is 12.6 Å². The Labute approximate surface area is 139 Å². The van der Waals surface area contributed by atoms with Crippen LogP contribution in [0, 0.1) is 0 Å². The number of hydrogen-bond acceptors (Lipinski definition) is 3. The molecule has 0 aliphatic rings. The fourth-order valence-corrected chi connectivity index (χ4v) is 1.80. The maximum atomic E-state index is 11.8. The number of ether oxygens (including phenoxy) is 1. The maximum Gasteiger partial charge on any atom is 0.411 e. The number of nitrogens with one attached hydrogen (secondary N) is 2. The van der Waals surface area contributed by atoms with E-state index < -0.39 is 12.8 Å². The summed E-state index contributed by atoms with van der Waals surface area (Å²) in [5.41, 5.74) is 0.467. The summed E-state index contributed by atoms with van der Waals surface area (Å²) in [5.74, 6) is -0.685. The van der Waals surface area contributed by atoms with Crippen LogP contribution in [-0.2, 0) is 9.53 Å². The Kier molecular flexibility index (Phi) is 8.04. The van der Waals surface area contributed by atoms with E-state index in [1.165, 1.54) is 0 Å². The molecular weight excluding hydrogens is 381 g/mol. The summed E-state index contributed by atoms with van der Waals surface area (Å²) in [6.07, 6.45) is -4.34. The van der Waals surface area contributed by atoms with E-state index in [1.54, 1.807) is 24.3 Å². The molecule has 23 heavy (non-hydrogen) atoms. The number of benzene rings is 1. The number of halogens is 4. The molecule has 2 amide bonds. The van der Waals surface area contributed by atoms with Crippen molar-refractivity contribution in [3.8, 4) is 0 Å². The molecule has 128 valence electrons. The zero-order valence-corrected chi connectivity index (χ0v) is 13.7. The minimum absolute atomic E-state index is 0.0183. The van der Waals surface area contributed by atoms with Crippen LogP contribution in [0.15, 0.2) is 28.7 Å². The predicted octanol–water partition coefficient (Wildman–Crippen LogP) is 2.26. The highest BCUT2D eigenvalue weighted by Gasteiger charge is 2.27. The van der Waals surface area contributed by atoms with Gasteiger partial charge in [0.25, 0.3) is 5.91 Å². The highest BCUT2D eigenvalue weighted by molar-refractivity contribution is 9.10. The summed E-state index contributed by atoms with van der Waals surface area (Å²) < 4.78 is 40.6. The number of amides is 2. The molecule has 0 saturated carbocycles. The first kappa shape index (κ1) is 19.4. The lowest BCUT2D eigenvalue weighted by atomic mass is 10.2. The minimum Gasteiger partial charge on any atom is -0.370 e. The van der Waals surface area contributed by atoms with Crippen molar-refractivity contribution in [3.05, 3.63) is 34.3 Å². The second-order valence-electron chi connectivity index (χ2n) is 4.53. The van der Waals surface area contributed by atoms with E-state index in [2.05, 4.69) is 31.3 Å². The van der Waals surface area contributed by atoms with Crippen molar-refractivity contribution in [1.29, 1.82) is 0 Å². The second kappa shape index (κ2) is 9.51. The predicted molar refractivity (Wildman–Crippen MR) is 81.0 cm³/mol. The van der Waals surface area contributed by atoms with E-state index in [9.17, 15) is 22.8 Å². The van der Waals surface area contributed by atoms with Crippen LogP contribution in [0.5, 0.6) is 0 Å². The van der Waals surface area contributed by atoms with E-state index in [0.29, 0.717) is 5.56 Å². The van der Waals surface area contributed by atoms with Crippen LogP contribution in [-0.4, -0.2) is 44.3 Å². The molecule has 1 aromatic rings. The molecule has 5 nitrogen and oxygen atoms in total. The zero-order valence-electron chi connectivity index (χ0n) is 12.1. The fraction of sp³-hybridized carbons (Fsp3) is 0.429. The molecule has 0 spiro atoms. The second-order valence-corrected chi connectivity index (χ2v) is 5.45. The summed E-state index contributed by atoms with van der Waals surface area (Å²) in [6, 6.07) is 6.72. The monoisotopic (exact) mass is 396 g/mol. The first-order chi connectivity index (χ1) is 10.8. The molecule has 0 radical (unpaired) electrons. The van der Waals surface area contributed by atoms with Gasteiger partial charge in [-0.1, -0.05) is 15.9 Å². The number of carbonyl (C=O) groups is 2. The molecule has 0 unspecified atom stereocenters. The van der Waals surface area contributed by atoms with E-state index in [-0.39, 0.29) is 37.9 Å². The summed E-state index contributed by atoms with van der Waals surface area (Å²) >= 11 is 3.25. The van der Waals surface area contributed by atoms with Crippen molar-refractivity contribution < 1.29 is 27.5 Å². The Bertz CT molecular complexity index is 521. The molecule has 9 heteroatoms. The lowest BCUT2D eigenvalue weighted by Gasteiger charge is -2.09. The molecular formula is C14H16BrF3N2O3. The summed E-state index contributed by atoms with van der Waals surface area (Å²) in [7, 11) is 0. The van der Waals surface area contributed by atoms with Gasteiger partial charge in [-0.05, 0) is 24.3 Å². The lowest BCUT2D eigenvalue weighted by molar-refractivity contribution is -0.173. The first-order valence-corrected chi connectivity index (χ1v) is 7.52. The van der Waals surface area contributed by atoms with Crippen LogP contribution in [0.2, 0.25) is 0 Å². The smallest absolute Gasteiger partial charge is 0.370 e. The van der Waals surface area contributed by atoms with Crippen molar-refractivity contribution in [1.82, 2.24) is 10.6 Å². The van der Waals surface area contributed by atoms with Gasteiger partial charge >= 0.3 is 6.18 Å². The van der Waals surface area contributed by atoms with E-state index in [1.807, 2.05) is 0 Å². The number of carbonyl (C=O) groups excluding carboxylic acids is 2. The SMILES string of the molecule is O=C(CCNC(=O)c1ccc(Br)cc1)NCCOCC(F)(F)F. The van der Waals surface area contributed by atoms with Gasteiger partial charge in [0.15, 0.2) is 0 Å². The standard InChI is InChI=1S/C14H16BrF3N2O3/c15-11-3-1-10(2-4-11)13(22)20-6-5-12(21)19-7-8-23-9-14(16,17)18/h1-4H,5-9H2,(H,19,21)(H,20,22). The summed E-state index contributed by atoms with van der Waals surface area (Å²) in [5, 5.41) is 4.98. The number of alkyl halides is 3. The van der Waals surface area contributed by atoms with Gasteiger partial charge in [0.1, 0.15) is 6.61 Å². The average Bonchev–Trinajstić information content (AvgIpc) is 2.46. The molecule has 0 aliphatic carbocycles. The first-order valence-electron chi connectivity index (χ1n) is 6.73. The third-order valence-electron chi connectivity index (χ3n) is 2.58. The van der Waals surface area contributed by atoms with Crippen LogP contribution < -0.4 is 10.6 Å². The molecule has 0 bridgehead atoms. The average molecular weight is 397 g/mol. The maximum absolute atomic E-state index is 11.8. The third kappa shape index (κ3) is 9.19. The van der Waals surface area contributed by atoms with Crippen molar-refractivity contribution in [2.24, 2.45) is 0 Å². The van der Waals surface area contributed by atoms with Crippen LogP contribution >= 0.6 is 15.9 Å². The molecule has 0 saturated heterocycles. The molecule has 0 fully saturated rings. The van der Waals surface area contributed by atoms with Crippen molar-refractivity contribution in [2.75, 3.05) is 26.3 Å². The van der Waals surface area contributed by atoms with Gasteiger partial charge in [-0.2, -0.15) is 13.2 Å². The van der Waals surface area contributed by atoms with E-state index in [4.69, 9.17) is 0 Å². The molecule has 0 atom stereocenters. The molecule has 1 aromatic carbocycles. The zero-order chi connectivity index (χ0) is 17.3. The summed E-state index contributed by atoms with van der Waals surface area (Å²) in [6.45, 7) is -1.46. The Hall–Kier alpha value is -1.61. The summed E-state index contributed by atoms with van der Waals surface area (Å²) in [4.78, 5) is 23.2. The van der Waals surface area contributed by atoms with Crippen LogP contribution in [0.3, 0.4) is 0 Å². The van der Waals surface area contributed by atoms with E-state index >= 15 is 0 Å². The highest BCUT2D eigenvalue weighted by atomic mass is 79.9. The van der Waals surface area contributed by atoms with Crippen LogP contribution in [0.1, 0.15) is 16.8 Å². The minimum atomic E-state index is -4.37. The van der Waals surface area contributed by atoms with Gasteiger partial charge in [-0.25, -0.2) is 0 Å². The van der Waals surface area contributed by atoms with Gasteiger partial charge in [0.05, 0.1) is 6.61 Å². The molecule has 0 aliphatic heterocycles. The molecule has 0 aromatic heterocycles. The van der Waals surface area contributed by atoms with Gasteiger partial charge in [-0.15, -0.1) is 0 Å². The largest absolute Gasteiger partial charge is 0.411 e. The third-order valence-corrected chi connectivity index (χ3v) is 3.11. The Balaban J connectivity index is 2.12. The van der Waals surface area contributed by atoms with Gasteiger partial charge in [0, 0.05) is 29.5 Å². The van der Waals surface area contributed by atoms with Gasteiger partial charge < -0.3 is 15.4 Å². The molecule has 2 N–H and O–H groups in total. The van der Waals surface area contributed by atoms with Crippen LogP contribution in [0.4, 0.5) is 13.2 Å². The molecule has 1 rings (SSSR count).